The summed E-state index contributed by atoms with van der Waals surface area (Å²) in [6, 6.07) is 12.2. The number of aryl methyl sites for hydroxylation is 2. The van der Waals surface area contributed by atoms with Crippen LogP contribution in [0.1, 0.15) is 5.56 Å². The molecule has 0 unspecified atom stereocenters. The van der Waals surface area contributed by atoms with Crippen LogP contribution in [0.25, 0.3) is 22.0 Å². The van der Waals surface area contributed by atoms with Gasteiger partial charge in [-0.1, -0.05) is 35.4 Å². The van der Waals surface area contributed by atoms with Crippen molar-refractivity contribution in [2.45, 2.75) is 11.8 Å². The Morgan fingerprint density at radius 1 is 1.03 bits per heavy atom. The molecule has 0 N–H and O–H groups in total. The Hall–Kier alpha value is -2.90. The van der Waals surface area contributed by atoms with E-state index in [0.717, 1.165) is 9.54 Å². The highest BCUT2D eigenvalue weighted by Crippen LogP contribution is 2.31. The molecule has 29 heavy (non-hydrogen) atoms. The van der Waals surface area contributed by atoms with Gasteiger partial charge in [0.2, 0.25) is 0 Å². The molecule has 4 aromatic rings. The molecule has 8 heteroatoms. The Balaban J connectivity index is 2.02. The van der Waals surface area contributed by atoms with Crippen LogP contribution < -0.4 is 5.56 Å². The molecular formula is C21H16ClFN2O3S. The van der Waals surface area contributed by atoms with E-state index in [1.807, 2.05) is 6.92 Å². The Kier molecular flexibility index (Phi) is 4.59. The molecule has 4 rings (SSSR count). The molecule has 0 aliphatic heterocycles. The minimum atomic E-state index is -3.97. The Bertz CT molecular complexity index is 1420. The summed E-state index contributed by atoms with van der Waals surface area (Å²) in [5, 5.41) is 0.377. The highest BCUT2D eigenvalue weighted by atomic mass is 35.5. The van der Waals surface area contributed by atoms with Gasteiger partial charge in [-0.2, -0.15) is 0 Å². The quantitative estimate of drug-likeness (QED) is 0.485. The number of pyridine rings is 1. The van der Waals surface area contributed by atoms with Gasteiger partial charge in [-0.15, -0.1) is 0 Å². The van der Waals surface area contributed by atoms with Gasteiger partial charge < -0.3 is 4.57 Å². The molecule has 0 atom stereocenters. The van der Waals surface area contributed by atoms with Gasteiger partial charge in [-0.05, 0) is 42.8 Å². The standard InChI is InChI=1S/C21H16ClFN2O3S/c1-13-3-6-15(7-4-13)29(27,28)25-10-9-16-17(12-24(2)21(26)20(16)25)14-5-8-19(23)18(22)11-14/h3-12H,1-2H3. The molecule has 0 aliphatic rings. The molecule has 0 bridgehead atoms. The zero-order valence-corrected chi connectivity index (χ0v) is 17.1. The molecule has 0 saturated heterocycles. The van der Waals surface area contributed by atoms with Crippen LogP contribution in [0.4, 0.5) is 4.39 Å². The summed E-state index contributed by atoms with van der Waals surface area (Å²) in [4.78, 5) is 12.9. The summed E-state index contributed by atoms with van der Waals surface area (Å²) in [6.45, 7) is 1.86. The van der Waals surface area contributed by atoms with Crippen LogP contribution in [0.15, 0.2) is 70.6 Å². The SMILES string of the molecule is Cc1ccc(S(=O)(=O)n2ccc3c(-c4ccc(F)c(Cl)c4)cn(C)c(=O)c32)cc1. The lowest BCUT2D eigenvalue weighted by molar-refractivity contribution is 0.589. The Morgan fingerprint density at radius 3 is 2.38 bits per heavy atom. The van der Waals surface area contributed by atoms with Gasteiger partial charge in [0.1, 0.15) is 11.3 Å². The van der Waals surface area contributed by atoms with Gasteiger partial charge in [0, 0.05) is 30.4 Å². The molecule has 5 nitrogen and oxygen atoms in total. The number of nitrogens with zero attached hydrogens (tertiary/aromatic N) is 2. The summed E-state index contributed by atoms with van der Waals surface area (Å²) < 4.78 is 42.2. The van der Waals surface area contributed by atoms with Crippen molar-refractivity contribution >= 4 is 32.5 Å². The van der Waals surface area contributed by atoms with E-state index in [-0.39, 0.29) is 15.4 Å². The third-order valence-corrected chi connectivity index (χ3v) is 6.78. The average molecular weight is 431 g/mol. The summed E-state index contributed by atoms with van der Waals surface area (Å²) in [7, 11) is -2.44. The molecule has 0 fully saturated rings. The summed E-state index contributed by atoms with van der Waals surface area (Å²) in [5.74, 6) is -0.559. The number of rotatable bonds is 3. The first-order valence-electron chi connectivity index (χ1n) is 8.68. The maximum Gasteiger partial charge on any atom is 0.275 e. The minimum absolute atomic E-state index is 0.0195. The highest BCUT2D eigenvalue weighted by Gasteiger charge is 2.23. The van der Waals surface area contributed by atoms with Crippen LogP contribution in [0, 0.1) is 12.7 Å². The van der Waals surface area contributed by atoms with Crippen LogP contribution in [0.5, 0.6) is 0 Å². The fraction of sp³-hybridized carbons (Fsp3) is 0.0952. The lowest BCUT2D eigenvalue weighted by Gasteiger charge is -2.11. The molecule has 2 aromatic heterocycles. The van der Waals surface area contributed by atoms with Crippen molar-refractivity contribution in [2.75, 3.05) is 0 Å². The molecule has 0 aliphatic carbocycles. The number of halogens is 2. The second kappa shape index (κ2) is 6.86. The van der Waals surface area contributed by atoms with Crippen molar-refractivity contribution in [3.8, 4) is 11.1 Å². The van der Waals surface area contributed by atoms with Crippen LogP contribution in [-0.2, 0) is 17.1 Å². The van der Waals surface area contributed by atoms with E-state index in [1.165, 1.54) is 48.1 Å². The van der Waals surface area contributed by atoms with E-state index < -0.39 is 21.4 Å². The zero-order valence-electron chi connectivity index (χ0n) is 15.6. The van der Waals surface area contributed by atoms with E-state index in [0.29, 0.717) is 16.5 Å². The van der Waals surface area contributed by atoms with E-state index in [9.17, 15) is 17.6 Å². The molecule has 0 amide bonds. The topological polar surface area (TPSA) is 61.1 Å². The van der Waals surface area contributed by atoms with Gasteiger partial charge >= 0.3 is 0 Å². The molecule has 0 radical (unpaired) electrons. The number of fused-ring (bicyclic) bond motifs is 1. The van der Waals surface area contributed by atoms with Crippen molar-refractivity contribution in [1.82, 2.24) is 8.54 Å². The monoisotopic (exact) mass is 430 g/mol. The van der Waals surface area contributed by atoms with Gasteiger partial charge in [0.15, 0.2) is 0 Å². The smallest absolute Gasteiger partial charge is 0.275 e. The maximum atomic E-state index is 13.6. The normalized spacial score (nSPS) is 11.9. The Labute approximate surface area is 171 Å². The van der Waals surface area contributed by atoms with Crippen LogP contribution in [-0.4, -0.2) is 17.0 Å². The first kappa shape index (κ1) is 19.4. The van der Waals surface area contributed by atoms with Crippen LogP contribution in [0.2, 0.25) is 5.02 Å². The first-order valence-corrected chi connectivity index (χ1v) is 10.5. The molecule has 2 heterocycles. The van der Waals surface area contributed by atoms with Crippen molar-refractivity contribution in [2.24, 2.45) is 7.05 Å². The van der Waals surface area contributed by atoms with Gasteiger partial charge in [0.25, 0.3) is 15.6 Å². The van der Waals surface area contributed by atoms with Crippen LogP contribution >= 0.6 is 11.6 Å². The van der Waals surface area contributed by atoms with Gasteiger partial charge in [-0.25, -0.2) is 16.8 Å². The predicted molar refractivity (Wildman–Crippen MR) is 111 cm³/mol. The number of hydrogen-bond donors (Lipinski definition) is 0. The fourth-order valence-electron chi connectivity index (χ4n) is 3.25. The lowest BCUT2D eigenvalue weighted by atomic mass is 10.0. The predicted octanol–water partition coefficient (Wildman–Crippen LogP) is 4.34. The number of benzene rings is 2. The lowest BCUT2D eigenvalue weighted by Crippen LogP contribution is -2.22. The highest BCUT2D eigenvalue weighted by molar-refractivity contribution is 7.90. The molecule has 0 spiro atoms. The van der Waals surface area contributed by atoms with Gasteiger partial charge in [0.05, 0.1) is 9.92 Å². The first-order chi connectivity index (χ1) is 13.7. The summed E-state index contributed by atoms with van der Waals surface area (Å²) >= 11 is 5.91. The van der Waals surface area contributed by atoms with Crippen molar-refractivity contribution < 1.29 is 12.8 Å². The number of aromatic nitrogens is 2. The molecule has 2 aromatic carbocycles. The van der Waals surface area contributed by atoms with E-state index in [1.54, 1.807) is 24.4 Å². The van der Waals surface area contributed by atoms with Crippen molar-refractivity contribution in [1.29, 1.82) is 0 Å². The fourth-order valence-corrected chi connectivity index (χ4v) is 4.77. The molecule has 0 saturated carbocycles. The van der Waals surface area contributed by atoms with E-state index >= 15 is 0 Å². The number of hydrogen-bond acceptors (Lipinski definition) is 3. The zero-order chi connectivity index (χ0) is 20.9. The second-order valence-corrected chi connectivity index (χ2v) is 9.00. The third kappa shape index (κ3) is 3.16. The maximum absolute atomic E-state index is 13.6. The van der Waals surface area contributed by atoms with E-state index in [4.69, 9.17) is 11.6 Å². The molecule has 148 valence electrons. The largest absolute Gasteiger partial charge is 0.316 e. The third-order valence-electron chi connectivity index (χ3n) is 4.80. The van der Waals surface area contributed by atoms with Crippen molar-refractivity contribution in [3.05, 3.63) is 87.7 Å². The average Bonchev–Trinajstić information content (AvgIpc) is 3.13. The summed E-state index contributed by atoms with van der Waals surface area (Å²) in [5.41, 5.74) is 1.63. The van der Waals surface area contributed by atoms with Crippen molar-refractivity contribution in [3.63, 3.8) is 0 Å². The van der Waals surface area contributed by atoms with E-state index in [2.05, 4.69) is 0 Å². The van der Waals surface area contributed by atoms with Crippen LogP contribution in [0.3, 0.4) is 0 Å². The second-order valence-electron chi connectivity index (χ2n) is 6.78. The van der Waals surface area contributed by atoms with Gasteiger partial charge in [-0.3, -0.25) is 4.79 Å². The molecular weight excluding hydrogens is 415 g/mol. The summed E-state index contributed by atoms with van der Waals surface area (Å²) in [6.07, 6.45) is 2.94. The Morgan fingerprint density at radius 2 is 1.72 bits per heavy atom. The minimum Gasteiger partial charge on any atom is -0.316 e.